The van der Waals surface area contributed by atoms with Crippen LogP contribution >= 0.6 is 0 Å². The highest BCUT2D eigenvalue weighted by Crippen LogP contribution is 2.61. The molecular weight excluding hydrogens is 396 g/mol. The summed E-state index contributed by atoms with van der Waals surface area (Å²) in [5.41, 5.74) is 1.51. The maximum Gasteiger partial charge on any atom is 0.410 e. The van der Waals surface area contributed by atoms with E-state index in [-0.39, 0.29) is 39.8 Å². The lowest BCUT2D eigenvalue weighted by atomic mass is 9.67. The summed E-state index contributed by atoms with van der Waals surface area (Å²) < 4.78 is 19.5. The van der Waals surface area contributed by atoms with Crippen LogP contribution in [0.1, 0.15) is 76.9 Å². The van der Waals surface area contributed by atoms with Crippen LogP contribution in [0.3, 0.4) is 0 Å². The highest BCUT2D eigenvalue weighted by molar-refractivity contribution is 6.74. The Balaban J connectivity index is 1.94. The van der Waals surface area contributed by atoms with Crippen LogP contribution in [-0.4, -0.2) is 26.4 Å². The number of hydrogen-bond acceptors (Lipinski definition) is 5. The first-order valence-corrected chi connectivity index (χ1v) is 12.6. The normalized spacial score (nSPS) is 29.5. The third kappa shape index (κ3) is 2.99. The largest absolute Gasteiger partial charge is 0.519 e. The molecule has 4 atom stereocenters. The molecule has 0 N–H and O–H groups in total. The molecule has 1 aromatic rings. The van der Waals surface area contributed by atoms with Gasteiger partial charge in [-0.05, 0) is 18.6 Å². The maximum atomic E-state index is 13.4. The van der Waals surface area contributed by atoms with Crippen molar-refractivity contribution in [3.63, 3.8) is 0 Å². The van der Waals surface area contributed by atoms with Crippen LogP contribution in [0, 0.1) is 11.8 Å². The molecule has 0 saturated heterocycles. The molecule has 3 aliphatic rings. The third-order valence-electron chi connectivity index (χ3n) is 6.69. The second kappa shape index (κ2) is 6.79. The zero-order valence-corrected chi connectivity index (χ0v) is 19.9. The quantitative estimate of drug-likeness (QED) is 0.336. The van der Waals surface area contributed by atoms with Gasteiger partial charge in [-0.15, -0.1) is 0 Å². The van der Waals surface area contributed by atoms with Gasteiger partial charge in [0.2, 0.25) is 0 Å². The molecule has 162 valence electrons. The van der Waals surface area contributed by atoms with Crippen molar-refractivity contribution in [2.45, 2.75) is 77.2 Å². The minimum absolute atomic E-state index is 0.0856. The number of ether oxygens (including phenoxy) is 1. The molecule has 0 bridgehead atoms. The van der Waals surface area contributed by atoms with Crippen LogP contribution in [0.25, 0.3) is 0 Å². The van der Waals surface area contributed by atoms with Gasteiger partial charge in [0, 0.05) is 40.0 Å². The number of fused-ring (bicyclic) bond motifs is 2. The number of carbonyl (C=O) groups excluding carboxylic acids is 2. The van der Waals surface area contributed by atoms with Crippen LogP contribution in [0.15, 0.2) is 30.4 Å². The fourth-order valence-electron chi connectivity index (χ4n) is 5.66. The average Bonchev–Trinajstić information content (AvgIpc) is 2.63. The van der Waals surface area contributed by atoms with E-state index in [1.807, 2.05) is 30.4 Å². The number of rotatable bonds is 1. The van der Waals surface area contributed by atoms with Crippen LogP contribution in [-0.2, 0) is 14.0 Å². The van der Waals surface area contributed by atoms with Gasteiger partial charge in [0.05, 0.1) is 6.10 Å². The van der Waals surface area contributed by atoms with Gasteiger partial charge in [-0.1, -0.05) is 59.8 Å². The highest BCUT2D eigenvalue weighted by Gasteiger charge is 2.65. The smallest absolute Gasteiger partial charge is 0.410 e. The molecule has 4 rings (SSSR count). The minimum Gasteiger partial charge on any atom is -0.519 e. The summed E-state index contributed by atoms with van der Waals surface area (Å²) >= 11 is 0. The van der Waals surface area contributed by atoms with Crippen LogP contribution < -0.4 is 4.43 Å². The molecule has 0 radical (unpaired) electrons. The lowest BCUT2D eigenvalue weighted by Crippen LogP contribution is -2.64. The highest BCUT2D eigenvalue weighted by atomic mass is 28.4. The average molecular weight is 429 g/mol. The van der Waals surface area contributed by atoms with Crippen molar-refractivity contribution in [1.29, 1.82) is 0 Å². The first kappa shape index (κ1) is 21.3. The van der Waals surface area contributed by atoms with Crippen molar-refractivity contribution >= 4 is 20.3 Å². The van der Waals surface area contributed by atoms with Crippen molar-refractivity contribution in [2.24, 2.45) is 11.8 Å². The summed E-state index contributed by atoms with van der Waals surface area (Å²) in [6.45, 7) is 14.5. The van der Waals surface area contributed by atoms with Gasteiger partial charge in [-0.25, -0.2) is 0 Å². The zero-order chi connectivity index (χ0) is 22.1. The van der Waals surface area contributed by atoms with Gasteiger partial charge in [0.15, 0.2) is 5.78 Å². The van der Waals surface area contributed by atoms with Gasteiger partial charge in [-0.2, -0.15) is 0 Å². The summed E-state index contributed by atoms with van der Waals surface area (Å²) in [5.74, 6) is -0.0258. The maximum absolute atomic E-state index is 13.4. The summed E-state index contributed by atoms with van der Waals surface area (Å²) in [7, 11) is -2.85. The second-order valence-corrected chi connectivity index (χ2v) is 15.4. The van der Waals surface area contributed by atoms with Crippen molar-refractivity contribution in [1.82, 2.24) is 0 Å². The molecule has 30 heavy (non-hydrogen) atoms. The predicted molar refractivity (Wildman–Crippen MR) is 117 cm³/mol. The number of hydrogen-bond donors (Lipinski definition) is 0. The Morgan fingerprint density at radius 3 is 2.40 bits per heavy atom. The lowest BCUT2D eigenvalue weighted by molar-refractivity contribution is -0.150. The Kier molecular flexibility index (Phi) is 4.82. The van der Waals surface area contributed by atoms with Crippen LogP contribution in [0.2, 0.25) is 10.1 Å². The van der Waals surface area contributed by atoms with Crippen molar-refractivity contribution in [2.75, 3.05) is 0 Å². The number of esters is 1. The molecule has 0 aromatic heterocycles. The summed E-state index contributed by atoms with van der Waals surface area (Å²) in [6.07, 6.45) is 3.68. The van der Waals surface area contributed by atoms with Crippen molar-refractivity contribution in [3.05, 3.63) is 41.5 Å². The van der Waals surface area contributed by atoms with E-state index in [9.17, 15) is 9.59 Å². The van der Waals surface area contributed by atoms with E-state index in [0.29, 0.717) is 12.0 Å². The van der Waals surface area contributed by atoms with Gasteiger partial charge in [0.1, 0.15) is 11.9 Å². The number of benzene rings is 1. The Labute approximate surface area is 180 Å². The fourth-order valence-corrected chi connectivity index (χ4v) is 10.4. The topological polar surface area (TPSA) is 61.8 Å². The van der Waals surface area contributed by atoms with Crippen molar-refractivity contribution in [3.8, 4) is 5.75 Å². The summed E-state index contributed by atoms with van der Waals surface area (Å²) in [6, 6.07) is 5.74. The van der Waals surface area contributed by atoms with E-state index in [2.05, 4.69) is 41.5 Å². The Bertz CT molecular complexity index is 907. The molecule has 2 aliphatic carbocycles. The van der Waals surface area contributed by atoms with Gasteiger partial charge in [-0.3, -0.25) is 9.59 Å². The Morgan fingerprint density at radius 2 is 1.80 bits per heavy atom. The first-order chi connectivity index (χ1) is 13.9. The molecule has 0 spiro atoms. The SMILES string of the molecule is CC(=O)O[C@@H]1C=CC[C@@H]2C(=O)c3cccc4c3[C@H](O[Si](C(C)(C)C)(C(C)(C)C)O4)[C@@H]21. The summed E-state index contributed by atoms with van der Waals surface area (Å²) in [5, 5.41) is -0.422. The van der Waals surface area contributed by atoms with E-state index in [1.165, 1.54) is 6.92 Å². The molecule has 0 saturated carbocycles. The van der Waals surface area contributed by atoms with E-state index in [0.717, 1.165) is 11.3 Å². The molecular formula is C24H32O5Si. The molecule has 1 heterocycles. The lowest BCUT2D eigenvalue weighted by Gasteiger charge is -2.56. The molecule has 0 fully saturated rings. The molecule has 0 amide bonds. The van der Waals surface area contributed by atoms with Crippen LogP contribution in [0.5, 0.6) is 5.75 Å². The first-order valence-electron chi connectivity index (χ1n) is 10.8. The van der Waals surface area contributed by atoms with Gasteiger partial charge in [0.25, 0.3) is 0 Å². The Morgan fingerprint density at radius 1 is 1.13 bits per heavy atom. The molecule has 0 unspecified atom stereocenters. The van der Waals surface area contributed by atoms with Gasteiger partial charge >= 0.3 is 14.5 Å². The number of allylic oxidation sites excluding steroid dienone is 1. The molecule has 6 heteroatoms. The summed E-state index contributed by atoms with van der Waals surface area (Å²) in [4.78, 5) is 25.2. The van der Waals surface area contributed by atoms with Crippen LogP contribution in [0.4, 0.5) is 0 Å². The van der Waals surface area contributed by atoms with Crippen molar-refractivity contribution < 1.29 is 23.2 Å². The standard InChI is InChI=1S/C24H32O5Si/c1-14(25)27-17-12-8-10-15-19(17)22-20-16(21(15)26)11-9-13-18(20)28-30(29-22,23(2,3)4)24(5,6)7/h8-9,11-13,15,17,19,22H,10H2,1-7H3/t15-,17+,19-,22+/m0/s1. The molecule has 1 aromatic carbocycles. The van der Waals surface area contributed by atoms with E-state index >= 15 is 0 Å². The minimum atomic E-state index is -2.85. The third-order valence-corrected chi connectivity index (χ3v) is 11.7. The number of ketones is 1. The number of Topliss-reactive ketones (excluding diaryl/α,β-unsaturated/α-hetero) is 1. The molecule has 1 aliphatic heterocycles. The Hall–Kier alpha value is -1.92. The van der Waals surface area contributed by atoms with E-state index < -0.39 is 14.7 Å². The fraction of sp³-hybridized carbons (Fsp3) is 0.583. The zero-order valence-electron chi connectivity index (χ0n) is 18.9. The predicted octanol–water partition coefficient (Wildman–Crippen LogP) is 5.50. The molecule has 5 nitrogen and oxygen atoms in total. The monoisotopic (exact) mass is 428 g/mol. The van der Waals surface area contributed by atoms with E-state index in [4.69, 9.17) is 13.6 Å². The van der Waals surface area contributed by atoms with E-state index in [1.54, 1.807) is 0 Å². The second-order valence-electron chi connectivity index (χ2n) is 10.8. The number of carbonyl (C=O) groups is 2. The van der Waals surface area contributed by atoms with Gasteiger partial charge < -0.3 is 13.6 Å².